The largest absolute Gasteiger partial charge is 0.492 e. The number of pyridine rings is 1. The molecule has 9 nitrogen and oxygen atoms in total. The maximum atomic E-state index is 14.0. The smallest absolute Gasteiger partial charge is 0.264 e. The lowest BCUT2D eigenvalue weighted by Gasteiger charge is -2.26. The number of ether oxygens (including phenoxy) is 2. The molecule has 11 heteroatoms. The molecule has 0 spiro atoms. The van der Waals surface area contributed by atoms with E-state index in [9.17, 15) is 13.6 Å². The molecule has 2 aromatic heterocycles. The summed E-state index contributed by atoms with van der Waals surface area (Å²) < 4.78 is 40.4. The number of halogens is 2. The molecule has 2 aliphatic heterocycles. The first kappa shape index (κ1) is 23.1. The van der Waals surface area contributed by atoms with Gasteiger partial charge in [-0.25, -0.2) is 23.3 Å². The fourth-order valence-corrected chi connectivity index (χ4v) is 3.97. The van der Waals surface area contributed by atoms with Crippen LogP contribution in [0.25, 0.3) is 17.0 Å². The van der Waals surface area contributed by atoms with E-state index in [4.69, 9.17) is 9.47 Å². The fourth-order valence-electron chi connectivity index (χ4n) is 3.97. The highest BCUT2D eigenvalue weighted by Gasteiger charge is 2.21. The van der Waals surface area contributed by atoms with Crippen LogP contribution in [0.5, 0.6) is 5.75 Å². The Morgan fingerprint density at radius 3 is 2.86 bits per heavy atom. The summed E-state index contributed by atoms with van der Waals surface area (Å²) in [5.74, 6) is 0.586. The molecule has 1 fully saturated rings. The van der Waals surface area contributed by atoms with Crippen molar-refractivity contribution in [3.05, 3.63) is 59.9 Å². The van der Waals surface area contributed by atoms with Crippen molar-refractivity contribution in [3.8, 4) is 17.1 Å². The van der Waals surface area contributed by atoms with Crippen LogP contribution in [0.2, 0.25) is 0 Å². The minimum atomic E-state index is -2.75. The average molecular weight is 482 g/mol. The normalized spacial score (nSPS) is 16.1. The molecule has 0 saturated carbocycles. The molecule has 0 aliphatic carbocycles. The second kappa shape index (κ2) is 10.3. The predicted octanol–water partition coefficient (Wildman–Crippen LogP) is 3.09. The first-order valence-electron chi connectivity index (χ1n) is 11.3. The average Bonchev–Trinajstić information content (AvgIpc) is 3.54. The SMILES string of the molecule is O=C(NC1=NC=CC1)c1cccn2nc(-c3ccc(OCCN4CCOCC4)cc3C(F)F)nc12. The highest BCUT2D eigenvalue weighted by atomic mass is 19.3. The highest BCUT2D eigenvalue weighted by molar-refractivity contribution is 6.10. The van der Waals surface area contributed by atoms with Crippen LogP contribution in [0.1, 0.15) is 28.8 Å². The third-order valence-electron chi connectivity index (χ3n) is 5.79. The number of carbonyl (C=O) groups excluding carboxylic acids is 1. The van der Waals surface area contributed by atoms with Crippen LogP contribution >= 0.6 is 0 Å². The Labute approximate surface area is 200 Å². The number of morpholine rings is 1. The Balaban J connectivity index is 1.36. The number of nitrogens with one attached hydrogen (secondary N) is 1. The summed E-state index contributed by atoms with van der Waals surface area (Å²) in [4.78, 5) is 23.4. The van der Waals surface area contributed by atoms with E-state index in [1.54, 1.807) is 30.6 Å². The zero-order chi connectivity index (χ0) is 24.2. The molecule has 4 heterocycles. The zero-order valence-electron chi connectivity index (χ0n) is 18.9. The monoisotopic (exact) mass is 482 g/mol. The number of amidine groups is 1. The van der Waals surface area contributed by atoms with Crippen molar-refractivity contribution in [2.24, 2.45) is 4.99 Å². The van der Waals surface area contributed by atoms with Gasteiger partial charge in [-0.15, -0.1) is 5.10 Å². The number of benzene rings is 1. The maximum absolute atomic E-state index is 14.0. The molecule has 182 valence electrons. The van der Waals surface area contributed by atoms with Gasteiger partial charge >= 0.3 is 0 Å². The van der Waals surface area contributed by atoms with Crippen LogP contribution in [0.15, 0.2) is 53.8 Å². The summed E-state index contributed by atoms with van der Waals surface area (Å²) in [7, 11) is 0. The number of fused-ring (bicyclic) bond motifs is 1. The van der Waals surface area contributed by atoms with E-state index in [1.165, 1.54) is 16.6 Å². The Kier molecular flexibility index (Phi) is 6.77. The number of hydrogen-bond acceptors (Lipinski definition) is 7. The summed E-state index contributed by atoms with van der Waals surface area (Å²) in [5.41, 5.74) is 0.474. The van der Waals surface area contributed by atoms with Crippen molar-refractivity contribution in [2.45, 2.75) is 12.8 Å². The number of aromatic nitrogens is 3. The zero-order valence-corrected chi connectivity index (χ0v) is 18.9. The van der Waals surface area contributed by atoms with Crippen molar-refractivity contribution >= 4 is 17.4 Å². The lowest BCUT2D eigenvalue weighted by molar-refractivity contribution is 0.0322. The Bertz CT molecular complexity index is 1280. The Morgan fingerprint density at radius 2 is 2.09 bits per heavy atom. The predicted molar refractivity (Wildman–Crippen MR) is 125 cm³/mol. The molecule has 35 heavy (non-hydrogen) atoms. The van der Waals surface area contributed by atoms with Crippen LogP contribution in [0.4, 0.5) is 8.78 Å². The first-order chi connectivity index (χ1) is 17.1. The van der Waals surface area contributed by atoms with Gasteiger partial charge in [0.05, 0.1) is 18.8 Å². The molecule has 3 aromatic rings. The summed E-state index contributed by atoms with van der Waals surface area (Å²) >= 11 is 0. The van der Waals surface area contributed by atoms with Gasteiger partial charge in [0.15, 0.2) is 11.5 Å². The molecule has 1 amide bonds. The topological polar surface area (TPSA) is 93.4 Å². The molecule has 1 saturated heterocycles. The number of carbonyl (C=O) groups is 1. The Hall–Kier alpha value is -3.70. The highest BCUT2D eigenvalue weighted by Crippen LogP contribution is 2.33. The molecular weight excluding hydrogens is 458 g/mol. The summed E-state index contributed by atoms with van der Waals surface area (Å²) in [6, 6.07) is 7.73. The summed E-state index contributed by atoms with van der Waals surface area (Å²) in [5, 5.41) is 7.08. The van der Waals surface area contributed by atoms with Crippen molar-refractivity contribution in [3.63, 3.8) is 0 Å². The van der Waals surface area contributed by atoms with Gasteiger partial charge in [-0.2, -0.15) is 0 Å². The minimum absolute atomic E-state index is 0.0975. The second-order valence-corrected chi connectivity index (χ2v) is 8.10. The van der Waals surface area contributed by atoms with Crippen molar-refractivity contribution < 1.29 is 23.0 Å². The van der Waals surface area contributed by atoms with Crippen LogP contribution < -0.4 is 10.1 Å². The van der Waals surface area contributed by atoms with Crippen molar-refractivity contribution in [1.29, 1.82) is 0 Å². The van der Waals surface area contributed by atoms with E-state index < -0.39 is 12.3 Å². The third-order valence-corrected chi connectivity index (χ3v) is 5.79. The molecule has 1 N–H and O–H groups in total. The summed E-state index contributed by atoms with van der Waals surface area (Å²) in [6.45, 7) is 4.10. The molecular formula is C24H24F2N6O3. The number of hydrogen-bond donors (Lipinski definition) is 1. The van der Waals surface area contributed by atoms with Gasteiger partial charge in [0, 0.05) is 49.6 Å². The number of amides is 1. The molecule has 0 radical (unpaired) electrons. The number of alkyl halides is 2. The van der Waals surface area contributed by atoms with E-state index >= 15 is 0 Å². The minimum Gasteiger partial charge on any atom is -0.492 e. The maximum Gasteiger partial charge on any atom is 0.264 e. The number of nitrogens with zero attached hydrogens (tertiary/aromatic N) is 5. The van der Waals surface area contributed by atoms with Gasteiger partial charge in [0.1, 0.15) is 18.2 Å². The van der Waals surface area contributed by atoms with E-state index in [1.807, 2.05) is 6.08 Å². The molecule has 2 aliphatic rings. The van der Waals surface area contributed by atoms with Gasteiger partial charge in [-0.05, 0) is 30.3 Å². The number of rotatable bonds is 7. The van der Waals surface area contributed by atoms with Crippen LogP contribution in [0.3, 0.4) is 0 Å². The molecule has 1 aromatic carbocycles. The number of aliphatic imine (C=N–C) groups is 1. The van der Waals surface area contributed by atoms with Crippen molar-refractivity contribution in [2.75, 3.05) is 39.5 Å². The van der Waals surface area contributed by atoms with Crippen LogP contribution in [0, 0.1) is 0 Å². The van der Waals surface area contributed by atoms with Gasteiger partial charge < -0.3 is 14.8 Å². The van der Waals surface area contributed by atoms with Crippen molar-refractivity contribution in [1.82, 2.24) is 24.8 Å². The van der Waals surface area contributed by atoms with Crippen LogP contribution in [-0.4, -0.2) is 70.7 Å². The first-order valence-corrected chi connectivity index (χ1v) is 11.3. The molecule has 0 atom stereocenters. The van der Waals surface area contributed by atoms with E-state index in [0.717, 1.165) is 13.1 Å². The quantitative estimate of drug-likeness (QED) is 0.556. The Morgan fingerprint density at radius 1 is 1.23 bits per heavy atom. The van der Waals surface area contributed by atoms with E-state index in [2.05, 4.69) is 25.3 Å². The second-order valence-electron chi connectivity index (χ2n) is 8.10. The molecule has 5 rings (SSSR count). The van der Waals surface area contributed by atoms with E-state index in [-0.39, 0.29) is 28.2 Å². The lowest BCUT2D eigenvalue weighted by atomic mass is 10.1. The third kappa shape index (κ3) is 5.20. The van der Waals surface area contributed by atoms with Gasteiger partial charge in [0.25, 0.3) is 12.3 Å². The standard InChI is InChI=1S/C24H24F2N6O3/c25-21(26)19-15-16(35-14-11-31-9-12-34-13-10-31)5-6-17(19)22-29-23-18(3-2-8-32(23)30-22)24(33)28-20-4-1-7-27-20/h1-3,5-8,15,21H,4,9-14H2,(H,27,28,33). The summed E-state index contributed by atoms with van der Waals surface area (Å²) in [6.07, 6.45) is 2.84. The lowest BCUT2D eigenvalue weighted by Crippen LogP contribution is -2.38. The van der Waals surface area contributed by atoms with Gasteiger partial charge in [-0.1, -0.05) is 6.08 Å². The molecule has 0 bridgehead atoms. The van der Waals surface area contributed by atoms with Crippen LogP contribution in [-0.2, 0) is 4.74 Å². The molecule has 0 unspecified atom stereocenters. The van der Waals surface area contributed by atoms with Gasteiger partial charge in [-0.3, -0.25) is 9.69 Å². The van der Waals surface area contributed by atoms with Gasteiger partial charge in [0.2, 0.25) is 0 Å². The van der Waals surface area contributed by atoms with E-state index in [0.29, 0.717) is 44.4 Å². The fraction of sp³-hybridized carbons (Fsp3) is 0.333.